The number of hydrogen-bond donors (Lipinski definition) is 1. The molecular weight excluding hydrogens is 290 g/mol. The highest BCUT2D eigenvalue weighted by Crippen LogP contribution is 2.30. The third-order valence-corrected chi connectivity index (χ3v) is 3.27. The zero-order valence-corrected chi connectivity index (χ0v) is 12.6. The third kappa shape index (κ3) is 3.67. The van der Waals surface area contributed by atoms with Gasteiger partial charge >= 0.3 is 0 Å². The highest BCUT2D eigenvalue weighted by molar-refractivity contribution is 6.30. The first-order valence-corrected chi connectivity index (χ1v) is 6.77. The molecule has 5 heteroatoms. The number of hydrogen-bond acceptors (Lipinski definition) is 3. The molecular formula is C16H16ClNO3. The minimum absolute atomic E-state index is 0.222. The van der Waals surface area contributed by atoms with Gasteiger partial charge in [0.15, 0.2) is 11.5 Å². The van der Waals surface area contributed by atoms with Crippen LogP contribution in [0.4, 0.5) is 0 Å². The highest BCUT2D eigenvalue weighted by Gasteiger charge is 2.15. The van der Waals surface area contributed by atoms with Crippen LogP contribution in [0.15, 0.2) is 42.5 Å². The summed E-state index contributed by atoms with van der Waals surface area (Å²) in [6.45, 7) is 0.413. The molecule has 0 heterocycles. The Morgan fingerprint density at radius 1 is 1.10 bits per heavy atom. The zero-order valence-electron chi connectivity index (χ0n) is 11.9. The van der Waals surface area contributed by atoms with Crippen LogP contribution in [0.25, 0.3) is 0 Å². The lowest BCUT2D eigenvalue weighted by atomic mass is 10.1. The van der Waals surface area contributed by atoms with E-state index in [0.29, 0.717) is 28.6 Å². The number of carbonyl (C=O) groups excluding carboxylic acids is 1. The van der Waals surface area contributed by atoms with Gasteiger partial charge in [0.2, 0.25) is 0 Å². The predicted molar refractivity (Wildman–Crippen MR) is 82.2 cm³/mol. The maximum Gasteiger partial charge on any atom is 0.255 e. The van der Waals surface area contributed by atoms with Crippen LogP contribution in [0.2, 0.25) is 5.02 Å². The molecule has 1 amide bonds. The number of rotatable bonds is 5. The van der Waals surface area contributed by atoms with Crippen molar-refractivity contribution in [3.63, 3.8) is 0 Å². The lowest BCUT2D eigenvalue weighted by Gasteiger charge is -2.12. The van der Waals surface area contributed by atoms with Gasteiger partial charge in [-0.05, 0) is 29.8 Å². The minimum Gasteiger partial charge on any atom is -0.493 e. The molecule has 21 heavy (non-hydrogen) atoms. The fourth-order valence-corrected chi connectivity index (χ4v) is 2.07. The van der Waals surface area contributed by atoms with E-state index in [2.05, 4.69) is 5.32 Å². The van der Waals surface area contributed by atoms with Gasteiger partial charge < -0.3 is 14.8 Å². The summed E-state index contributed by atoms with van der Waals surface area (Å²) in [5, 5.41) is 3.51. The van der Waals surface area contributed by atoms with Gasteiger partial charge in [-0.3, -0.25) is 4.79 Å². The topological polar surface area (TPSA) is 47.6 Å². The Morgan fingerprint density at radius 3 is 2.43 bits per heavy atom. The summed E-state index contributed by atoms with van der Waals surface area (Å²) < 4.78 is 10.4. The number of amides is 1. The molecule has 0 unspecified atom stereocenters. The van der Waals surface area contributed by atoms with Crippen molar-refractivity contribution in [2.75, 3.05) is 14.2 Å². The van der Waals surface area contributed by atoms with Crippen molar-refractivity contribution in [2.24, 2.45) is 0 Å². The molecule has 2 aromatic carbocycles. The van der Waals surface area contributed by atoms with Gasteiger partial charge in [-0.2, -0.15) is 0 Å². The number of nitrogens with one attached hydrogen (secondary N) is 1. The van der Waals surface area contributed by atoms with Gasteiger partial charge in [0.05, 0.1) is 19.8 Å². The van der Waals surface area contributed by atoms with Crippen LogP contribution in [0.1, 0.15) is 15.9 Å². The van der Waals surface area contributed by atoms with Gasteiger partial charge in [-0.25, -0.2) is 0 Å². The summed E-state index contributed by atoms with van der Waals surface area (Å²) in [4.78, 5) is 12.3. The molecule has 0 bridgehead atoms. The van der Waals surface area contributed by atoms with Crippen LogP contribution >= 0.6 is 11.6 Å². The second-order valence-electron chi connectivity index (χ2n) is 4.35. The third-order valence-electron chi connectivity index (χ3n) is 3.01. The van der Waals surface area contributed by atoms with E-state index in [4.69, 9.17) is 21.1 Å². The maximum atomic E-state index is 12.3. The van der Waals surface area contributed by atoms with Gasteiger partial charge in [0, 0.05) is 11.6 Å². The highest BCUT2D eigenvalue weighted by atomic mass is 35.5. The summed E-state index contributed by atoms with van der Waals surface area (Å²) in [5.74, 6) is 0.728. The molecule has 0 fully saturated rings. The molecule has 4 nitrogen and oxygen atoms in total. The van der Waals surface area contributed by atoms with Crippen molar-refractivity contribution in [1.82, 2.24) is 5.32 Å². The first kappa shape index (κ1) is 15.2. The fourth-order valence-electron chi connectivity index (χ4n) is 1.95. The van der Waals surface area contributed by atoms with Gasteiger partial charge in [0.1, 0.15) is 0 Å². The molecule has 0 saturated heterocycles. The lowest BCUT2D eigenvalue weighted by Crippen LogP contribution is -2.23. The Kier molecular flexibility index (Phi) is 5.06. The van der Waals surface area contributed by atoms with Crippen molar-refractivity contribution < 1.29 is 14.3 Å². The monoisotopic (exact) mass is 305 g/mol. The quantitative estimate of drug-likeness (QED) is 0.922. The molecule has 0 aliphatic rings. The van der Waals surface area contributed by atoms with Crippen molar-refractivity contribution >= 4 is 17.5 Å². The van der Waals surface area contributed by atoms with Crippen LogP contribution in [0, 0.1) is 0 Å². The number of methoxy groups -OCH3 is 2. The van der Waals surface area contributed by atoms with Crippen LogP contribution in [0.5, 0.6) is 11.5 Å². The number of halogens is 1. The van der Waals surface area contributed by atoms with E-state index in [1.807, 2.05) is 12.1 Å². The van der Waals surface area contributed by atoms with E-state index >= 15 is 0 Å². The molecule has 110 valence electrons. The predicted octanol–water partition coefficient (Wildman–Crippen LogP) is 3.29. The summed E-state index contributed by atoms with van der Waals surface area (Å²) in [5.41, 5.74) is 1.40. The van der Waals surface area contributed by atoms with E-state index in [1.165, 1.54) is 14.2 Å². The first-order chi connectivity index (χ1) is 10.2. The summed E-state index contributed by atoms with van der Waals surface area (Å²) in [6.07, 6.45) is 0. The standard InChI is InChI=1S/C16H16ClNO3/c1-20-14-5-3-4-13(15(14)21-2)16(19)18-10-11-6-8-12(17)9-7-11/h3-9H,10H2,1-2H3,(H,18,19). The van der Waals surface area contributed by atoms with E-state index in [9.17, 15) is 4.79 Å². The van der Waals surface area contributed by atoms with Crippen LogP contribution in [0.3, 0.4) is 0 Å². The molecule has 0 aromatic heterocycles. The number of ether oxygens (including phenoxy) is 2. The Morgan fingerprint density at radius 2 is 1.81 bits per heavy atom. The Bertz CT molecular complexity index is 626. The Hall–Kier alpha value is -2.20. The Balaban J connectivity index is 2.11. The van der Waals surface area contributed by atoms with E-state index < -0.39 is 0 Å². The van der Waals surface area contributed by atoms with Crippen molar-refractivity contribution in [3.05, 3.63) is 58.6 Å². The summed E-state index contributed by atoms with van der Waals surface area (Å²) in [7, 11) is 3.04. The summed E-state index contributed by atoms with van der Waals surface area (Å²) >= 11 is 5.83. The average Bonchev–Trinajstić information content (AvgIpc) is 2.53. The fraction of sp³-hybridized carbons (Fsp3) is 0.188. The second-order valence-corrected chi connectivity index (χ2v) is 4.79. The number of para-hydroxylation sites is 1. The van der Waals surface area contributed by atoms with E-state index in [0.717, 1.165) is 5.56 Å². The minimum atomic E-state index is -0.222. The molecule has 0 aliphatic carbocycles. The van der Waals surface area contributed by atoms with Gasteiger partial charge in [0.25, 0.3) is 5.91 Å². The molecule has 2 rings (SSSR count). The first-order valence-electron chi connectivity index (χ1n) is 6.39. The van der Waals surface area contributed by atoms with Crippen LogP contribution in [-0.4, -0.2) is 20.1 Å². The molecule has 0 atom stereocenters. The molecule has 0 aliphatic heterocycles. The largest absolute Gasteiger partial charge is 0.493 e. The molecule has 0 saturated carbocycles. The number of carbonyl (C=O) groups is 1. The summed E-state index contributed by atoms with van der Waals surface area (Å²) in [6, 6.07) is 12.5. The number of benzene rings is 2. The van der Waals surface area contributed by atoms with E-state index in [1.54, 1.807) is 30.3 Å². The van der Waals surface area contributed by atoms with E-state index in [-0.39, 0.29) is 5.91 Å². The maximum absolute atomic E-state index is 12.3. The van der Waals surface area contributed by atoms with Crippen LogP contribution < -0.4 is 14.8 Å². The normalized spacial score (nSPS) is 10.0. The van der Waals surface area contributed by atoms with Crippen molar-refractivity contribution in [3.8, 4) is 11.5 Å². The van der Waals surface area contributed by atoms with Crippen molar-refractivity contribution in [1.29, 1.82) is 0 Å². The molecule has 0 radical (unpaired) electrons. The lowest BCUT2D eigenvalue weighted by molar-refractivity contribution is 0.0947. The molecule has 0 spiro atoms. The van der Waals surface area contributed by atoms with Crippen LogP contribution in [-0.2, 0) is 6.54 Å². The van der Waals surface area contributed by atoms with Crippen molar-refractivity contribution in [2.45, 2.75) is 6.54 Å². The second kappa shape index (κ2) is 6.99. The zero-order chi connectivity index (χ0) is 15.2. The Labute approximate surface area is 128 Å². The average molecular weight is 306 g/mol. The SMILES string of the molecule is COc1cccc(C(=O)NCc2ccc(Cl)cc2)c1OC. The molecule has 1 N–H and O–H groups in total. The molecule has 2 aromatic rings. The van der Waals surface area contributed by atoms with Gasteiger partial charge in [-0.15, -0.1) is 0 Å². The van der Waals surface area contributed by atoms with Gasteiger partial charge in [-0.1, -0.05) is 29.8 Å². The smallest absolute Gasteiger partial charge is 0.255 e.